The Kier molecular flexibility index (Phi) is 5.51. The van der Waals surface area contributed by atoms with Gasteiger partial charge in [-0.15, -0.1) is 0 Å². The molecule has 0 saturated heterocycles. The summed E-state index contributed by atoms with van der Waals surface area (Å²) < 4.78 is 0. The third-order valence-corrected chi connectivity index (χ3v) is 6.43. The van der Waals surface area contributed by atoms with Crippen LogP contribution in [0.3, 0.4) is 0 Å². The van der Waals surface area contributed by atoms with Gasteiger partial charge in [-0.2, -0.15) is 0 Å². The molecule has 5 rings (SSSR count). The topological polar surface area (TPSA) is 104 Å². The Morgan fingerprint density at radius 3 is 2.21 bits per heavy atom. The molecule has 6 heteroatoms. The molecule has 34 heavy (non-hydrogen) atoms. The molecule has 0 heterocycles. The first-order valence-corrected chi connectivity index (χ1v) is 11.2. The van der Waals surface area contributed by atoms with Crippen molar-refractivity contribution in [2.75, 3.05) is 10.6 Å². The van der Waals surface area contributed by atoms with E-state index in [1.807, 2.05) is 30.3 Å². The fraction of sp³-hybridized carbons (Fsp3) is 0.143. The molecule has 2 unspecified atom stereocenters. The summed E-state index contributed by atoms with van der Waals surface area (Å²) in [6.45, 7) is 0. The molecule has 0 aliphatic heterocycles. The van der Waals surface area contributed by atoms with E-state index in [0.29, 0.717) is 16.9 Å². The van der Waals surface area contributed by atoms with Crippen LogP contribution in [0.1, 0.15) is 33.8 Å². The minimum atomic E-state index is -1.15. The van der Waals surface area contributed by atoms with Gasteiger partial charge in [0.2, 0.25) is 0 Å². The van der Waals surface area contributed by atoms with Gasteiger partial charge in [-0.3, -0.25) is 10.1 Å². The molecule has 170 valence electrons. The number of carbonyl (C=O) groups is 2. The Balaban J connectivity index is 1.21. The molecule has 2 amide bonds. The Morgan fingerprint density at radius 2 is 1.50 bits per heavy atom. The molecule has 0 radical (unpaired) electrons. The summed E-state index contributed by atoms with van der Waals surface area (Å²) in [5, 5.41) is 16.3. The average Bonchev–Trinajstić information content (AvgIpc) is 3.50. The second kappa shape index (κ2) is 8.65. The van der Waals surface area contributed by atoms with E-state index in [4.69, 9.17) is 10.8 Å². The molecule has 6 nitrogen and oxygen atoms in total. The van der Waals surface area contributed by atoms with Gasteiger partial charge in [0, 0.05) is 28.4 Å². The SMILES string of the molecule is NC1(Cc2ccc3ccccc3c2)CC1c1ccc(NC(=O)c2ccc(NC(=O)O)cc2)cc1. The van der Waals surface area contributed by atoms with Crippen LogP contribution in [0.15, 0.2) is 91.0 Å². The summed E-state index contributed by atoms with van der Waals surface area (Å²) in [6, 6.07) is 29.0. The molecule has 0 aromatic heterocycles. The van der Waals surface area contributed by atoms with Gasteiger partial charge < -0.3 is 16.2 Å². The molecule has 2 atom stereocenters. The van der Waals surface area contributed by atoms with Gasteiger partial charge in [0.25, 0.3) is 5.91 Å². The fourth-order valence-corrected chi connectivity index (χ4v) is 4.53. The number of hydrogen-bond donors (Lipinski definition) is 4. The number of benzene rings is 4. The standard InChI is InChI=1S/C28H25N3O3/c29-28(16-18-5-6-19-3-1-2-4-22(19)15-18)17-25(28)20-7-11-23(12-8-20)30-26(32)21-9-13-24(14-10-21)31-27(33)34/h1-15,25,31H,16-17,29H2,(H,30,32)(H,33,34). The van der Waals surface area contributed by atoms with Gasteiger partial charge in [-0.1, -0.05) is 54.6 Å². The lowest BCUT2D eigenvalue weighted by molar-refractivity contribution is 0.102. The Labute approximate surface area is 197 Å². The van der Waals surface area contributed by atoms with Crippen molar-refractivity contribution in [2.45, 2.75) is 24.3 Å². The lowest BCUT2D eigenvalue weighted by atomic mass is 9.97. The van der Waals surface area contributed by atoms with Crippen LogP contribution < -0.4 is 16.4 Å². The summed E-state index contributed by atoms with van der Waals surface area (Å²) in [6.07, 6.45) is 0.613. The highest BCUT2D eigenvalue weighted by atomic mass is 16.4. The quantitative estimate of drug-likeness (QED) is 0.306. The predicted octanol–water partition coefficient (Wildman–Crippen LogP) is 5.61. The lowest BCUT2D eigenvalue weighted by Gasteiger charge is -2.13. The smallest absolute Gasteiger partial charge is 0.409 e. The second-order valence-corrected chi connectivity index (χ2v) is 8.93. The third kappa shape index (κ3) is 4.63. The molecule has 0 spiro atoms. The summed E-state index contributed by atoms with van der Waals surface area (Å²) in [4.78, 5) is 23.2. The van der Waals surface area contributed by atoms with E-state index in [9.17, 15) is 9.59 Å². The normalized spacial score (nSPS) is 18.9. The molecule has 5 N–H and O–H groups in total. The van der Waals surface area contributed by atoms with Gasteiger partial charge in [0.15, 0.2) is 0 Å². The molecule has 1 fully saturated rings. The monoisotopic (exact) mass is 451 g/mol. The molecule has 1 aliphatic rings. The number of nitrogens with one attached hydrogen (secondary N) is 2. The van der Waals surface area contributed by atoms with Crippen LogP contribution in [0.25, 0.3) is 10.8 Å². The van der Waals surface area contributed by atoms with Crippen LogP contribution >= 0.6 is 0 Å². The Morgan fingerprint density at radius 1 is 0.853 bits per heavy atom. The van der Waals surface area contributed by atoms with Gasteiger partial charge in [0.05, 0.1) is 0 Å². The number of amides is 2. The minimum absolute atomic E-state index is 0.251. The lowest BCUT2D eigenvalue weighted by Crippen LogP contribution is -2.27. The van der Waals surface area contributed by atoms with Gasteiger partial charge in [-0.05, 0) is 71.1 Å². The van der Waals surface area contributed by atoms with Crippen LogP contribution in [0.4, 0.5) is 16.2 Å². The molecule has 1 aliphatic carbocycles. The molecular formula is C28H25N3O3. The van der Waals surface area contributed by atoms with Gasteiger partial charge in [0.1, 0.15) is 0 Å². The molecule has 4 aromatic rings. The highest BCUT2D eigenvalue weighted by Crippen LogP contribution is 2.51. The predicted molar refractivity (Wildman–Crippen MR) is 134 cm³/mol. The van der Waals surface area contributed by atoms with E-state index in [0.717, 1.165) is 12.8 Å². The molecular weight excluding hydrogens is 426 g/mol. The Hall–Kier alpha value is -4.16. The van der Waals surface area contributed by atoms with Crippen LogP contribution in [-0.4, -0.2) is 22.6 Å². The van der Waals surface area contributed by atoms with Crippen molar-refractivity contribution >= 4 is 34.1 Å². The van der Waals surface area contributed by atoms with Crippen molar-refractivity contribution in [3.05, 3.63) is 108 Å². The van der Waals surface area contributed by atoms with Gasteiger partial charge in [-0.25, -0.2) is 4.79 Å². The largest absolute Gasteiger partial charge is 0.465 e. The van der Waals surface area contributed by atoms with E-state index in [2.05, 4.69) is 47.0 Å². The van der Waals surface area contributed by atoms with Crippen LogP contribution in [0.5, 0.6) is 0 Å². The summed E-state index contributed by atoms with van der Waals surface area (Å²) in [5.41, 5.74) is 10.4. The first-order valence-electron chi connectivity index (χ1n) is 11.2. The van der Waals surface area contributed by atoms with Crippen molar-refractivity contribution in [2.24, 2.45) is 5.73 Å². The average molecular weight is 452 g/mol. The maximum Gasteiger partial charge on any atom is 0.409 e. The number of carboxylic acid groups (broad SMARTS) is 1. The van der Waals surface area contributed by atoms with Crippen molar-refractivity contribution in [1.82, 2.24) is 0 Å². The zero-order chi connectivity index (χ0) is 23.7. The van der Waals surface area contributed by atoms with Gasteiger partial charge >= 0.3 is 6.09 Å². The second-order valence-electron chi connectivity index (χ2n) is 8.93. The van der Waals surface area contributed by atoms with Crippen molar-refractivity contribution in [1.29, 1.82) is 0 Å². The maximum absolute atomic E-state index is 12.5. The van der Waals surface area contributed by atoms with Crippen molar-refractivity contribution in [3.8, 4) is 0 Å². The maximum atomic E-state index is 12.5. The third-order valence-electron chi connectivity index (χ3n) is 6.43. The number of hydrogen-bond acceptors (Lipinski definition) is 3. The van der Waals surface area contributed by atoms with E-state index in [-0.39, 0.29) is 17.4 Å². The first-order chi connectivity index (χ1) is 16.4. The number of carbonyl (C=O) groups excluding carboxylic acids is 1. The fourth-order valence-electron chi connectivity index (χ4n) is 4.53. The number of fused-ring (bicyclic) bond motifs is 1. The van der Waals surface area contributed by atoms with E-state index in [1.54, 1.807) is 24.3 Å². The minimum Gasteiger partial charge on any atom is -0.465 e. The highest BCUT2D eigenvalue weighted by Gasteiger charge is 2.51. The first kappa shape index (κ1) is 21.7. The number of nitrogens with two attached hydrogens (primary N) is 1. The van der Waals surface area contributed by atoms with E-state index >= 15 is 0 Å². The van der Waals surface area contributed by atoms with E-state index < -0.39 is 6.09 Å². The molecule has 1 saturated carbocycles. The van der Waals surface area contributed by atoms with E-state index in [1.165, 1.54) is 21.9 Å². The summed E-state index contributed by atoms with van der Waals surface area (Å²) in [5.74, 6) is 0.0310. The van der Waals surface area contributed by atoms with Crippen molar-refractivity contribution in [3.63, 3.8) is 0 Å². The number of rotatable bonds is 6. The molecule has 0 bridgehead atoms. The zero-order valence-corrected chi connectivity index (χ0v) is 18.5. The van der Waals surface area contributed by atoms with Crippen molar-refractivity contribution < 1.29 is 14.7 Å². The zero-order valence-electron chi connectivity index (χ0n) is 18.5. The van der Waals surface area contributed by atoms with Crippen LogP contribution in [-0.2, 0) is 6.42 Å². The summed E-state index contributed by atoms with van der Waals surface area (Å²) in [7, 11) is 0. The highest BCUT2D eigenvalue weighted by molar-refractivity contribution is 6.04. The van der Waals surface area contributed by atoms with Crippen LogP contribution in [0, 0.1) is 0 Å². The summed E-state index contributed by atoms with van der Waals surface area (Å²) >= 11 is 0. The number of anilines is 2. The molecule has 4 aromatic carbocycles. The Bertz CT molecular complexity index is 1370. The van der Waals surface area contributed by atoms with Crippen LogP contribution in [0.2, 0.25) is 0 Å².